The molecule has 0 spiro atoms. The number of hydrogen-bond acceptors (Lipinski definition) is 0. The van der Waals surface area contributed by atoms with Gasteiger partial charge in [0.1, 0.15) is 0 Å². The van der Waals surface area contributed by atoms with Gasteiger partial charge in [-0.15, -0.1) is 0 Å². The summed E-state index contributed by atoms with van der Waals surface area (Å²) in [6.07, 6.45) is 15.7. The van der Waals surface area contributed by atoms with Crippen LogP contribution in [0.2, 0.25) is 0 Å². The monoisotopic (exact) mass is 210 g/mol. The van der Waals surface area contributed by atoms with Gasteiger partial charge in [0.15, 0.2) is 0 Å². The summed E-state index contributed by atoms with van der Waals surface area (Å²) in [6.45, 7) is 2.12. The topological polar surface area (TPSA) is 0 Å². The summed E-state index contributed by atoms with van der Waals surface area (Å²) in [5, 5.41) is 0. The van der Waals surface area contributed by atoms with Crippen LogP contribution in [0.25, 0.3) is 6.08 Å². The Hall–Kier alpha value is -1.56. The van der Waals surface area contributed by atoms with E-state index in [2.05, 4.69) is 67.6 Å². The van der Waals surface area contributed by atoms with Crippen LogP contribution in [0, 0.1) is 12.8 Å². The lowest BCUT2D eigenvalue weighted by atomic mass is 10.0. The third-order valence-electron chi connectivity index (χ3n) is 2.89. The molecule has 1 aliphatic rings. The van der Waals surface area contributed by atoms with Crippen LogP contribution in [-0.2, 0) is 0 Å². The molecule has 0 amide bonds. The van der Waals surface area contributed by atoms with Gasteiger partial charge in [-0.3, -0.25) is 0 Å². The van der Waals surface area contributed by atoms with Gasteiger partial charge >= 0.3 is 0 Å². The van der Waals surface area contributed by atoms with Crippen LogP contribution in [0.3, 0.4) is 0 Å². The molecule has 0 radical (unpaired) electrons. The van der Waals surface area contributed by atoms with Crippen LogP contribution in [0.1, 0.15) is 24.0 Å². The average molecular weight is 210 g/mol. The first-order valence-electron chi connectivity index (χ1n) is 5.93. The van der Waals surface area contributed by atoms with Gasteiger partial charge in [0.25, 0.3) is 0 Å². The molecule has 0 bridgehead atoms. The lowest BCUT2D eigenvalue weighted by Gasteiger charge is -2.03. The van der Waals surface area contributed by atoms with Gasteiger partial charge in [-0.1, -0.05) is 66.3 Å². The molecule has 1 aliphatic carbocycles. The minimum Gasteiger partial charge on any atom is -0.0845 e. The highest BCUT2D eigenvalue weighted by atomic mass is 14.0. The summed E-state index contributed by atoms with van der Waals surface area (Å²) in [5.74, 6) is 0.580. The van der Waals surface area contributed by atoms with Gasteiger partial charge in [-0.05, 0) is 31.2 Å². The molecule has 0 aromatic heterocycles. The van der Waals surface area contributed by atoms with Crippen molar-refractivity contribution in [2.75, 3.05) is 0 Å². The average Bonchev–Trinajstić information content (AvgIpc) is 2.57. The fourth-order valence-electron chi connectivity index (χ4n) is 1.84. The smallest absolute Gasteiger partial charge is 0.00441 e. The van der Waals surface area contributed by atoms with E-state index in [-0.39, 0.29) is 0 Å². The van der Waals surface area contributed by atoms with Crippen LogP contribution in [0.4, 0.5) is 0 Å². The first-order chi connectivity index (χ1) is 7.84. The van der Waals surface area contributed by atoms with E-state index in [1.54, 1.807) is 0 Å². The molecule has 2 rings (SSSR count). The zero-order valence-electron chi connectivity index (χ0n) is 9.77. The van der Waals surface area contributed by atoms with Crippen molar-refractivity contribution >= 4 is 6.08 Å². The Labute approximate surface area is 98.0 Å². The van der Waals surface area contributed by atoms with Gasteiger partial charge in [0.05, 0.1) is 0 Å². The Morgan fingerprint density at radius 1 is 1.12 bits per heavy atom. The normalized spacial score (nSPS) is 20.2. The molecule has 0 nitrogen and oxygen atoms in total. The second-order valence-electron chi connectivity index (χ2n) is 4.32. The van der Waals surface area contributed by atoms with Gasteiger partial charge < -0.3 is 0 Å². The highest BCUT2D eigenvalue weighted by Crippen LogP contribution is 2.16. The Bertz CT molecular complexity index is 404. The lowest BCUT2D eigenvalue weighted by molar-refractivity contribution is 0.730. The molecule has 82 valence electrons. The Balaban J connectivity index is 2.00. The number of hydrogen-bond donors (Lipinski definition) is 0. The van der Waals surface area contributed by atoms with Crippen molar-refractivity contribution in [1.29, 1.82) is 0 Å². The van der Waals surface area contributed by atoms with Crippen LogP contribution >= 0.6 is 0 Å². The van der Waals surface area contributed by atoms with E-state index in [1.165, 1.54) is 24.0 Å². The fourth-order valence-corrected chi connectivity index (χ4v) is 1.84. The van der Waals surface area contributed by atoms with Gasteiger partial charge in [0, 0.05) is 0 Å². The van der Waals surface area contributed by atoms with E-state index in [9.17, 15) is 0 Å². The first-order valence-corrected chi connectivity index (χ1v) is 5.93. The molecule has 1 unspecified atom stereocenters. The quantitative estimate of drug-likeness (QED) is 0.672. The fraction of sp³-hybridized carbons (Fsp3) is 0.250. The summed E-state index contributed by atoms with van der Waals surface area (Å²) in [6, 6.07) is 8.66. The molecule has 16 heavy (non-hydrogen) atoms. The van der Waals surface area contributed by atoms with Gasteiger partial charge in [-0.25, -0.2) is 0 Å². The van der Waals surface area contributed by atoms with E-state index in [1.807, 2.05) is 0 Å². The van der Waals surface area contributed by atoms with Crippen molar-refractivity contribution in [2.45, 2.75) is 19.8 Å². The molecule has 1 aromatic rings. The van der Waals surface area contributed by atoms with Crippen LogP contribution in [-0.4, -0.2) is 0 Å². The number of aryl methyl sites for hydroxylation is 1. The number of allylic oxidation sites excluding steroid dienone is 5. The Morgan fingerprint density at radius 3 is 2.75 bits per heavy atom. The highest BCUT2D eigenvalue weighted by Gasteiger charge is 2.00. The van der Waals surface area contributed by atoms with Crippen LogP contribution in [0.15, 0.2) is 54.6 Å². The minimum absolute atomic E-state index is 0.580. The Kier molecular flexibility index (Phi) is 3.76. The van der Waals surface area contributed by atoms with Crippen molar-refractivity contribution < 1.29 is 0 Å². The molecule has 0 heterocycles. The van der Waals surface area contributed by atoms with Crippen molar-refractivity contribution in [3.63, 3.8) is 0 Å². The second-order valence-corrected chi connectivity index (χ2v) is 4.32. The highest BCUT2D eigenvalue weighted by molar-refractivity contribution is 5.50. The first kappa shape index (κ1) is 10.9. The molecule has 1 aromatic carbocycles. The van der Waals surface area contributed by atoms with Crippen LogP contribution in [0.5, 0.6) is 0 Å². The van der Waals surface area contributed by atoms with E-state index >= 15 is 0 Å². The third-order valence-corrected chi connectivity index (χ3v) is 2.89. The lowest BCUT2D eigenvalue weighted by Crippen LogP contribution is -1.89. The SMILES string of the molecule is Cc1ccc(C=CC2C=CC=CCC2)cc1. The zero-order valence-corrected chi connectivity index (χ0v) is 9.77. The van der Waals surface area contributed by atoms with Crippen molar-refractivity contribution in [1.82, 2.24) is 0 Å². The number of benzene rings is 1. The standard InChI is InChI=1S/C16H18/c1-14-8-10-16(11-9-14)13-12-15-6-4-2-3-5-7-15/h2-4,6,8-13,15H,5,7H2,1H3. The maximum Gasteiger partial charge on any atom is -0.00441 e. The predicted molar refractivity (Wildman–Crippen MR) is 71.2 cm³/mol. The van der Waals surface area contributed by atoms with E-state index < -0.39 is 0 Å². The van der Waals surface area contributed by atoms with Crippen molar-refractivity contribution in [2.24, 2.45) is 5.92 Å². The summed E-state index contributed by atoms with van der Waals surface area (Å²) < 4.78 is 0. The molecule has 1 atom stereocenters. The minimum atomic E-state index is 0.580. The molecule has 0 saturated heterocycles. The van der Waals surface area contributed by atoms with Crippen molar-refractivity contribution in [3.8, 4) is 0 Å². The predicted octanol–water partition coefficient (Wildman–Crippen LogP) is 4.53. The molecule has 0 heteroatoms. The summed E-state index contributed by atoms with van der Waals surface area (Å²) in [4.78, 5) is 0. The summed E-state index contributed by atoms with van der Waals surface area (Å²) in [7, 11) is 0. The second kappa shape index (κ2) is 5.50. The van der Waals surface area contributed by atoms with E-state index in [0.29, 0.717) is 5.92 Å². The summed E-state index contributed by atoms with van der Waals surface area (Å²) in [5.41, 5.74) is 2.60. The summed E-state index contributed by atoms with van der Waals surface area (Å²) >= 11 is 0. The van der Waals surface area contributed by atoms with Crippen molar-refractivity contribution in [3.05, 3.63) is 65.8 Å². The molecule has 0 saturated carbocycles. The van der Waals surface area contributed by atoms with E-state index in [4.69, 9.17) is 0 Å². The molecular formula is C16H18. The molecule has 0 fully saturated rings. The van der Waals surface area contributed by atoms with Gasteiger partial charge in [-0.2, -0.15) is 0 Å². The van der Waals surface area contributed by atoms with E-state index in [0.717, 1.165) is 0 Å². The largest absolute Gasteiger partial charge is 0.0845 e. The molecule has 0 aliphatic heterocycles. The maximum atomic E-state index is 2.30. The molecule has 0 N–H and O–H groups in total. The molecular weight excluding hydrogens is 192 g/mol. The van der Waals surface area contributed by atoms with Gasteiger partial charge in [0.2, 0.25) is 0 Å². The maximum absolute atomic E-state index is 2.30. The van der Waals surface area contributed by atoms with Crippen LogP contribution < -0.4 is 0 Å². The third kappa shape index (κ3) is 3.23. The zero-order chi connectivity index (χ0) is 11.2. The Morgan fingerprint density at radius 2 is 1.94 bits per heavy atom. The number of rotatable bonds is 2.